The summed E-state index contributed by atoms with van der Waals surface area (Å²) in [6.07, 6.45) is 0. The zero-order valence-electron chi connectivity index (χ0n) is 20.4. The van der Waals surface area contributed by atoms with E-state index in [9.17, 15) is 14.4 Å². The molecule has 10 heteroatoms. The Balaban J connectivity index is 1.45. The van der Waals surface area contributed by atoms with Crippen molar-refractivity contribution in [2.24, 2.45) is 0 Å². The third-order valence-corrected chi connectivity index (χ3v) is 6.53. The number of anilines is 2. The van der Waals surface area contributed by atoms with E-state index in [1.807, 2.05) is 30.3 Å². The van der Waals surface area contributed by atoms with Gasteiger partial charge in [0.05, 0.1) is 7.11 Å². The maximum absolute atomic E-state index is 13.4. The molecule has 9 nitrogen and oxygen atoms in total. The number of amides is 2. The first-order chi connectivity index (χ1) is 18.4. The minimum atomic E-state index is -0.631. The lowest BCUT2D eigenvalue weighted by molar-refractivity contribution is 0.0989. The highest BCUT2D eigenvalue weighted by Crippen LogP contribution is 2.26. The van der Waals surface area contributed by atoms with Crippen LogP contribution in [0.25, 0.3) is 4.96 Å². The Kier molecular flexibility index (Phi) is 6.88. The molecule has 0 atom stereocenters. The van der Waals surface area contributed by atoms with Gasteiger partial charge in [0.15, 0.2) is 4.96 Å². The Hall–Kier alpha value is -4.96. The fraction of sp³-hybridized carbons (Fsp3) is 0.0714. The molecule has 38 heavy (non-hydrogen) atoms. The van der Waals surface area contributed by atoms with E-state index in [2.05, 4.69) is 15.6 Å². The zero-order chi connectivity index (χ0) is 26.6. The average Bonchev–Trinajstić information content (AvgIpc) is 3.31. The number of nitrogens with one attached hydrogen (secondary N) is 2. The minimum Gasteiger partial charge on any atom is -0.497 e. The molecule has 2 N–H and O–H groups in total. The molecule has 0 radical (unpaired) electrons. The second-order valence-corrected chi connectivity index (χ2v) is 9.19. The number of fused-ring (bicyclic) bond motifs is 1. The molecule has 0 aliphatic carbocycles. The maximum atomic E-state index is 13.4. The number of benzene rings is 3. The lowest BCUT2D eigenvalue weighted by Crippen LogP contribution is -2.25. The highest BCUT2D eigenvalue weighted by molar-refractivity contribution is 7.19. The summed E-state index contributed by atoms with van der Waals surface area (Å²) in [6, 6.07) is 24.2. The van der Waals surface area contributed by atoms with Crippen molar-refractivity contribution in [3.63, 3.8) is 0 Å². The Labute approximate surface area is 221 Å². The number of aryl methyl sites for hydroxylation is 1. The van der Waals surface area contributed by atoms with Crippen molar-refractivity contribution in [3.8, 4) is 17.2 Å². The summed E-state index contributed by atoms with van der Waals surface area (Å²) in [5.74, 6) is 0.652. The number of para-hydroxylation sites is 1. The monoisotopic (exact) mass is 526 g/mol. The van der Waals surface area contributed by atoms with E-state index >= 15 is 0 Å². The molecule has 2 aromatic heterocycles. The van der Waals surface area contributed by atoms with Crippen LogP contribution in [-0.2, 0) is 0 Å². The van der Waals surface area contributed by atoms with Crippen LogP contribution in [0.5, 0.6) is 17.2 Å². The second-order valence-electron chi connectivity index (χ2n) is 8.21. The highest BCUT2D eigenvalue weighted by Gasteiger charge is 2.26. The molecule has 5 aromatic rings. The van der Waals surface area contributed by atoms with E-state index in [-0.39, 0.29) is 15.5 Å². The lowest BCUT2D eigenvalue weighted by Gasteiger charge is -2.10. The molecular formula is C28H22N4O5S. The van der Waals surface area contributed by atoms with E-state index in [1.54, 1.807) is 55.5 Å². The normalized spacial score (nSPS) is 10.7. The standard InChI is InChI=1S/C28H22N4O5S/c1-17-15-23(33)32-24(26(34)31-19-7-6-10-22(16-19)36-2)25(38-28(32)29-17)27(35)30-18-11-13-21(14-12-18)37-20-8-4-3-5-9-20/h3-16H,1-2H3,(H,30,35)(H,31,34). The number of thiazole rings is 1. The molecule has 0 aliphatic rings. The topological polar surface area (TPSA) is 111 Å². The molecular weight excluding hydrogens is 504 g/mol. The van der Waals surface area contributed by atoms with Gasteiger partial charge in [-0.15, -0.1) is 0 Å². The van der Waals surface area contributed by atoms with Crippen LogP contribution in [0.4, 0.5) is 11.4 Å². The summed E-state index contributed by atoms with van der Waals surface area (Å²) in [6.45, 7) is 1.68. The van der Waals surface area contributed by atoms with Crippen LogP contribution < -0.4 is 25.7 Å². The van der Waals surface area contributed by atoms with Crippen LogP contribution in [0.15, 0.2) is 89.7 Å². The first-order valence-electron chi connectivity index (χ1n) is 11.5. The summed E-state index contributed by atoms with van der Waals surface area (Å²) >= 11 is 0.961. The predicted octanol–water partition coefficient (Wildman–Crippen LogP) is 5.37. The van der Waals surface area contributed by atoms with Crippen molar-refractivity contribution in [1.82, 2.24) is 9.38 Å². The molecule has 2 heterocycles. The predicted molar refractivity (Wildman–Crippen MR) is 146 cm³/mol. The molecule has 0 aliphatic heterocycles. The van der Waals surface area contributed by atoms with Gasteiger partial charge in [-0.25, -0.2) is 9.38 Å². The minimum absolute atomic E-state index is 0.0465. The van der Waals surface area contributed by atoms with Crippen LogP contribution in [-0.4, -0.2) is 28.3 Å². The molecule has 0 fully saturated rings. The molecule has 190 valence electrons. The van der Waals surface area contributed by atoms with E-state index in [4.69, 9.17) is 9.47 Å². The van der Waals surface area contributed by atoms with Gasteiger partial charge in [-0.1, -0.05) is 35.6 Å². The van der Waals surface area contributed by atoms with E-state index < -0.39 is 17.4 Å². The Morgan fingerprint density at radius 2 is 1.50 bits per heavy atom. The van der Waals surface area contributed by atoms with Crippen LogP contribution in [0.2, 0.25) is 0 Å². The number of hydrogen-bond donors (Lipinski definition) is 2. The summed E-state index contributed by atoms with van der Waals surface area (Å²) < 4.78 is 12.2. The third kappa shape index (κ3) is 5.25. The van der Waals surface area contributed by atoms with Crippen molar-refractivity contribution in [2.45, 2.75) is 6.92 Å². The van der Waals surface area contributed by atoms with Crippen molar-refractivity contribution in [1.29, 1.82) is 0 Å². The average molecular weight is 527 g/mol. The van der Waals surface area contributed by atoms with Crippen molar-refractivity contribution >= 4 is 39.5 Å². The Morgan fingerprint density at radius 1 is 0.816 bits per heavy atom. The highest BCUT2D eigenvalue weighted by atomic mass is 32.1. The van der Waals surface area contributed by atoms with Gasteiger partial charge >= 0.3 is 0 Å². The number of carbonyl (C=O) groups excluding carboxylic acids is 2. The van der Waals surface area contributed by atoms with E-state index in [1.165, 1.54) is 13.2 Å². The molecule has 0 saturated carbocycles. The number of rotatable bonds is 7. The molecule has 0 unspecified atom stereocenters. The molecule has 3 aromatic carbocycles. The largest absolute Gasteiger partial charge is 0.497 e. The van der Waals surface area contributed by atoms with Gasteiger partial charge in [0.25, 0.3) is 17.4 Å². The zero-order valence-corrected chi connectivity index (χ0v) is 21.2. The fourth-order valence-electron chi connectivity index (χ4n) is 3.75. The van der Waals surface area contributed by atoms with E-state index in [0.29, 0.717) is 34.3 Å². The molecule has 5 rings (SSSR count). The number of nitrogens with zero attached hydrogens (tertiary/aromatic N) is 2. The van der Waals surface area contributed by atoms with Crippen molar-refractivity contribution in [3.05, 3.63) is 112 Å². The molecule has 0 bridgehead atoms. The fourth-order valence-corrected chi connectivity index (χ4v) is 4.82. The van der Waals surface area contributed by atoms with Gasteiger partial charge in [0, 0.05) is 29.2 Å². The molecule has 2 amide bonds. The lowest BCUT2D eigenvalue weighted by atomic mass is 10.2. The number of aromatic nitrogens is 2. The van der Waals surface area contributed by atoms with Crippen LogP contribution in [0, 0.1) is 6.92 Å². The van der Waals surface area contributed by atoms with Crippen molar-refractivity contribution in [2.75, 3.05) is 17.7 Å². The molecule has 0 spiro atoms. The number of methoxy groups -OCH3 is 1. The van der Waals surface area contributed by atoms with Gasteiger partial charge in [-0.05, 0) is 55.5 Å². The number of ether oxygens (including phenoxy) is 2. The van der Waals surface area contributed by atoms with Gasteiger partial charge in [0.1, 0.15) is 27.8 Å². The quantitative estimate of drug-likeness (QED) is 0.295. The number of hydrogen-bond acceptors (Lipinski definition) is 7. The van der Waals surface area contributed by atoms with Gasteiger partial charge in [0.2, 0.25) is 0 Å². The van der Waals surface area contributed by atoms with Crippen molar-refractivity contribution < 1.29 is 19.1 Å². The van der Waals surface area contributed by atoms with Gasteiger partial charge in [-0.2, -0.15) is 0 Å². The SMILES string of the molecule is COc1cccc(NC(=O)c2c(C(=O)Nc3ccc(Oc4ccccc4)cc3)sc3nc(C)cc(=O)n23)c1. The summed E-state index contributed by atoms with van der Waals surface area (Å²) in [5, 5.41) is 5.54. The second kappa shape index (κ2) is 10.6. The molecule has 0 saturated heterocycles. The Morgan fingerprint density at radius 3 is 2.24 bits per heavy atom. The van der Waals surface area contributed by atoms with Crippen LogP contribution in [0.3, 0.4) is 0 Å². The first-order valence-corrected chi connectivity index (χ1v) is 12.4. The smallest absolute Gasteiger partial charge is 0.274 e. The first kappa shape index (κ1) is 24.7. The number of carbonyl (C=O) groups is 2. The summed E-state index contributed by atoms with van der Waals surface area (Å²) in [4.78, 5) is 44.2. The summed E-state index contributed by atoms with van der Waals surface area (Å²) in [5.41, 5.74) is 0.857. The van der Waals surface area contributed by atoms with Gasteiger partial charge in [-0.3, -0.25) is 14.4 Å². The van der Waals surface area contributed by atoms with Crippen LogP contribution in [0.1, 0.15) is 25.9 Å². The maximum Gasteiger partial charge on any atom is 0.274 e. The van der Waals surface area contributed by atoms with Gasteiger partial charge < -0.3 is 20.1 Å². The Bertz CT molecular complexity index is 1690. The van der Waals surface area contributed by atoms with Crippen LogP contribution >= 0.6 is 11.3 Å². The van der Waals surface area contributed by atoms with E-state index in [0.717, 1.165) is 15.7 Å². The summed E-state index contributed by atoms with van der Waals surface area (Å²) in [7, 11) is 1.52. The third-order valence-electron chi connectivity index (χ3n) is 5.49.